The smallest absolute Gasteiger partial charge is 0.282 e. The van der Waals surface area contributed by atoms with Crippen molar-refractivity contribution in [1.82, 2.24) is 4.90 Å². The second-order valence-corrected chi connectivity index (χ2v) is 4.66. The van der Waals surface area contributed by atoms with Gasteiger partial charge in [0.15, 0.2) is 0 Å². The second-order valence-electron chi connectivity index (χ2n) is 4.66. The maximum Gasteiger partial charge on any atom is 0.282 e. The average molecular weight is 263 g/mol. The number of rotatable bonds is 3. The molecule has 0 aliphatic carbocycles. The van der Waals surface area contributed by atoms with Crippen LogP contribution in [0.3, 0.4) is 0 Å². The number of hydrogen-bond donors (Lipinski definition) is 1. The van der Waals surface area contributed by atoms with E-state index < -0.39 is 4.92 Å². The fraction of sp³-hybridized carbons (Fsp3) is 0.462. The van der Waals surface area contributed by atoms with Gasteiger partial charge in [0.2, 0.25) is 0 Å². The summed E-state index contributed by atoms with van der Waals surface area (Å²) < 4.78 is 0. The number of nitrogens with two attached hydrogens (primary N) is 1. The van der Waals surface area contributed by atoms with Gasteiger partial charge >= 0.3 is 0 Å². The molecule has 0 bridgehead atoms. The fourth-order valence-electron chi connectivity index (χ4n) is 2.48. The normalized spacial score (nSPS) is 19.2. The third-order valence-electron chi connectivity index (χ3n) is 3.49. The molecule has 1 amide bonds. The molecule has 1 atom stereocenters. The van der Waals surface area contributed by atoms with Gasteiger partial charge in [0.25, 0.3) is 11.6 Å². The Kier molecular flexibility index (Phi) is 4.11. The first kappa shape index (κ1) is 13.5. The summed E-state index contributed by atoms with van der Waals surface area (Å²) in [5.74, 6) is -0.289. The summed E-state index contributed by atoms with van der Waals surface area (Å²) >= 11 is 0. The zero-order chi connectivity index (χ0) is 13.8. The van der Waals surface area contributed by atoms with Crippen molar-refractivity contribution in [1.29, 1.82) is 0 Å². The van der Waals surface area contributed by atoms with Crippen LogP contribution in [0.25, 0.3) is 0 Å². The number of likely N-dealkylation sites (tertiary alicyclic amines) is 1. The molecule has 1 unspecified atom stereocenters. The van der Waals surface area contributed by atoms with Gasteiger partial charge in [0.05, 0.1) is 4.92 Å². The Hall–Kier alpha value is -1.95. The van der Waals surface area contributed by atoms with E-state index in [1.54, 1.807) is 17.0 Å². The molecule has 1 fully saturated rings. The third kappa shape index (κ3) is 2.73. The van der Waals surface area contributed by atoms with E-state index in [2.05, 4.69) is 0 Å². The maximum atomic E-state index is 12.5. The minimum Gasteiger partial charge on any atom is -0.334 e. The first-order chi connectivity index (χ1) is 9.15. The van der Waals surface area contributed by atoms with Gasteiger partial charge in [-0.2, -0.15) is 0 Å². The molecule has 19 heavy (non-hydrogen) atoms. The van der Waals surface area contributed by atoms with Crippen LogP contribution in [-0.4, -0.2) is 34.9 Å². The van der Waals surface area contributed by atoms with Gasteiger partial charge in [0, 0.05) is 25.2 Å². The van der Waals surface area contributed by atoms with Crippen LogP contribution in [0.4, 0.5) is 5.69 Å². The number of nitro benzene ring substituents is 1. The van der Waals surface area contributed by atoms with Gasteiger partial charge in [-0.25, -0.2) is 0 Å². The van der Waals surface area contributed by atoms with Crippen LogP contribution in [0.15, 0.2) is 24.3 Å². The molecule has 6 heteroatoms. The quantitative estimate of drug-likeness (QED) is 0.661. The molecule has 2 rings (SSSR count). The van der Waals surface area contributed by atoms with E-state index in [0.717, 1.165) is 19.3 Å². The molecule has 1 aromatic rings. The van der Waals surface area contributed by atoms with Gasteiger partial charge in [-0.1, -0.05) is 12.1 Å². The van der Waals surface area contributed by atoms with Crippen LogP contribution in [0, 0.1) is 10.1 Å². The highest BCUT2D eigenvalue weighted by Gasteiger charge is 2.30. The monoisotopic (exact) mass is 263 g/mol. The third-order valence-corrected chi connectivity index (χ3v) is 3.49. The number of piperidine rings is 1. The van der Waals surface area contributed by atoms with Crippen molar-refractivity contribution in [3.05, 3.63) is 39.9 Å². The summed E-state index contributed by atoms with van der Waals surface area (Å²) in [5.41, 5.74) is 5.68. The van der Waals surface area contributed by atoms with Crippen LogP contribution in [-0.2, 0) is 0 Å². The largest absolute Gasteiger partial charge is 0.334 e. The van der Waals surface area contributed by atoms with Crippen LogP contribution < -0.4 is 5.73 Å². The summed E-state index contributed by atoms with van der Waals surface area (Å²) in [7, 11) is 0. The van der Waals surface area contributed by atoms with Gasteiger partial charge in [-0.15, -0.1) is 0 Å². The van der Waals surface area contributed by atoms with Crippen molar-refractivity contribution in [2.24, 2.45) is 5.73 Å². The highest BCUT2D eigenvalue weighted by Crippen LogP contribution is 2.24. The zero-order valence-corrected chi connectivity index (χ0v) is 10.6. The number of carbonyl (C=O) groups excluding carboxylic acids is 1. The van der Waals surface area contributed by atoms with Gasteiger partial charge in [0.1, 0.15) is 5.56 Å². The minimum atomic E-state index is -0.519. The number of hydrogen-bond acceptors (Lipinski definition) is 4. The van der Waals surface area contributed by atoms with Gasteiger partial charge in [-0.3, -0.25) is 14.9 Å². The van der Waals surface area contributed by atoms with E-state index in [0.29, 0.717) is 13.1 Å². The Balaban J connectivity index is 2.30. The lowest BCUT2D eigenvalue weighted by atomic mass is 10.0. The van der Waals surface area contributed by atoms with Crippen LogP contribution in [0.5, 0.6) is 0 Å². The van der Waals surface area contributed by atoms with Crippen molar-refractivity contribution in [3.63, 3.8) is 0 Å². The molecule has 0 spiro atoms. The molecule has 0 radical (unpaired) electrons. The van der Waals surface area contributed by atoms with E-state index >= 15 is 0 Å². The first-order valence-electron chi connectivity index (χ1n) is 6.39. The lowest BCUT2D eigenvalue weighted by molar-refractivity contribution is -0.385. The van der Waals surface area contributed by atoms with E-state index in [9.17, 15) is 14.9 Å². The van der Waals surface area contributed by atoms with E-state index in [4.69, 9.17) is 5.73 Å². The molecule has 0 saturated carbocycles. The highest BCUT2D eigenvalue weighted by molar-refractivity contribution is 5.98. The molecule has 1 aromatic carbocycles. The Labute approximate surface area is 111 Å². The van der Waals surface area contributed by atoms with Crippen LogP contribution in [0.1, 0.15) is 29.6 Å². The van der Waals surface area contributed by atoms with Crippen molar-refractivity contribution in [3.8, 4) is 0 Å². The number of nitro groups is 1. The molecule has 2 N–H and O–H groups in total. The molecule has 1 aliphatic heterocycles. The van der Waals surface area contributed by atoms with E-state index in [1.807, 2.05) is 0 Å². The number of benzene rings is 1. The number of nitrogens with zero attached hydrogens (tertiary/aromatic N) is 2. The van der Waals surface area contributed by atoms with E-state index in [1.165, 1.54) is 12.1 Å². The SMILES string of the molecule is NCC1CCCCN1C(=O)c1ccccc1[N+](=O)[O-]. The molecule has 0 aromatic heterocycles. The Morgan fingerprint density at radius 1 is 1.42 bits per heavy atom. The number of para-hydroxylation sites is 1. The van der Waals surface area contributed by atoms with Crippen molar-refractivity contribution in [2.75, 3.05) is 13.1 Å². The highest BCUT2D eigenvalue weighted by atomic mass is 16.6. The topological polar surface area (TPSA) is 89.5 Å². The molecular weight excluding hydrogens is 246 g/mol. The standard InChI is InChI=1S/C13H17N3O3/c14-9-10-5-3-4-8-15(10)13(17)11-6-1-2-7-12(11)16(18)19/h1-2,6-7,10H,3-5,8-9,14H2. The Bertz CT molecular complexity index is 490. The number of amides is 1. The number of carbonyl (C=O) groups is 1. The van der Waals surface area contributed by atoms with Gasteiger partial charge < -0.3 is 10.6 Å². The first-order valence-corrected chi connectivity index (χ1v) is 6.39. The van der Waals surface area contributed by atoms with Crippen LogP contribution >= 0.6 is 0 Å². The zero-order valence-electron chi connectivity index (χ0n) is 10.6. The summed E-state index contributed by atoms with van der Waals surface area (Å²) in [5, 5.41) is 11.0. The minimum absolute atomic E-state index is 0.0129. The lowest BCUT2D eigenvalue weighted by Crippen LogP contribution is -2.47. The fourth-order valence-corrected chi connectivity index (χ4v) is 2.48. The molecule has 6 nitrogen and oxygen atoms in total. The van der Waals surface area contributed by atoms with Crippen LogP contribution in [0.2, 0.25) is 0 Å². The Morgan fingerprint density at radius 2 is 2.16 bits per heavy atom. The van der Waals surface area contributed by atoms with Gasteiger partial charge in [-0.05, 0) is 25.3 Å². The van der Waals surface area contributed by atoms with Crippen molar-refractivity contribution in [2.45, 2.75) is 25.3 Å². The lowest BCUT2D eigenvalue weighted by Gasteiger charge is -2.34. The molecule has 1 saturated heterocycles. The summed E-state index contributed by atoms with van der Waals surface area (Å²) in [6.07, 6.45) is 2.83. The maximum absolute atomic E-state index is 12.5. The molecular formula is C13H17N3O3. The van der Waals surface area contributed by atoms with Crippen molar-refractivity contribution < 1.29 is 9.72 Å². The predicted octanol–water partition coefficient (Wildman–Crippen LogP) is 1.55. The summed E-state index contributed by atoms with van der Waals surface area (Å²) in [6.45, 7) is 1.01. The molecule has 1 aliphatic rings. The summed E-state index contributed by atoms with van der Waals surface area (Å²) in [6, 6.07) is 6.05. The second kappa shape index (κ2) is 5.79. The summed E-state index contributed by atoms with van der Waals surface area (Å²) in [4.78, 5) is 24.6. The Morgan fingerprint density at radius 3 is 2.84 bits per heavy atom. The predicted molar refractivity (Wildman–Crippen MR) is 70.8 cm³/mol. The average Bonchev–Trinajstić information content (AvgIpc) is 2.46. The van der Waals surface area contributed by atoms with Crippen molar-refractivity contribution >= 4 is 11.6 Å². The molecule has 1 heterocycles. The molecule has 102 valence electrons. The van der Waals surface area contributed by atoms with E-state index in [-0.39, 0.29) is 23.2 Å².